The van der Waals surface area contributed by atoms with Crippen LogP contribution in [0, 0.1) is 0 Å². The van der Waals surface area contributed by atoms with Crippen LogP contribution in [0.15, 0.2) is 18.2 Å². The Morgan fingerprint density at radius 3 is 2.67 bits per heavy atom. The van der Waals surface area contributed by atoms with E-state index in [0.717, 1.165) is 11.4 Å². The maximum Gasteiger partial charge on any atom is 0.243 e. The fourth-order valence-electron chi connectivity index (χ4n) is 1.82. The molecule has 0 bridgehead atoms. The monoisotopic (exact) mass is 204 g/mol. The molecule has 0 aromatic heterocycles. The molecule has 0 radical (unpaired) electrons. The molecule has 1 aromatic carbocycles. The fourth-order valence-corrected chi connectivity index (χ4v) is 1.82. The van der Waals surface area contributed by atoms with Crippen LogP contribution < -0.4 is 10.6 Å². The van der Waals surface area contributed by atoms with Crippen molar-refractivity contribution in [1.82, 2.24) is 0 Å². The summed E-state index contributed by atoms with van der Waals surface area (Å²) in [4.78, 5) is 11.3. The number of anilines is 2. The Balaban J connectivity index is 2.53. The average Bonchev–Trinajstić information content (AvgIpc) is 2.15. The van der Waals surface area contributed by atoms with Gasteiger partial charge in [-0.25, -0.2) is 0 Å². The smallest absolute Gasteiger partial charge is 0.243 e. The van der Waals surface area contributed by atoms with Crippen molar-refractivity contribution >= 4 is 17.3 Å². The molecule has 3 heteroatoms. The topological polar surface area (TPSA) is 41.1 Å². The summed E-state index contributed by atoms with van der Waals surface area (Å²) < 4.78 is 0. The highest BCUT2D eigenvalue weighted by Crippen LogP contribution is 2.36. The fraction of sp³-hybridized carbons (Fsp3) is 0.417. The summed E-state index contributed by atoms with van der Waals surface area (Å²) in [6.07, 6.45) is 0. The van der Waals surface area contributed by atoms with Crippen molar-refractivity contribution < 1.29 is 4.79 Å². The molecule has 1 aliphatic heterocycles. The summed E-state index contributed by atoms with van der Waals surface area (Å²) in [5.74, 6) is 0.0270. The van der Waals surface area contributed by atoms with Crippen LogP contribution in [0.2, 0.25) is 0 Å². The van der Waals surface area contributed by atoms with Gasteiger partial charge in [-0.1, -0.05) is 32.9 Å². The molecule has 0 fully saturated rings. The molecule has 0 unspecified atom stereocenters. The predicted molar refractivity (Wildman–Crippen MR) is 62.3 cm³/mol. The second kappa shape index (κ2) is 3.26. The summed E-state index contributed by atoms with van der Waals surface area (Å²) in [5.41, 5.74) is 3.15. The zero-order valence-electron chi connectivity index (χ0n) is 9.35. The third-order valence-corrected chi connectivity index (χ3v) is 2.58. The van der Waals surface area contributed by atoms with E-state index in [1.54, 1.807) is 0 Å². The van der Waals surface area contributed by atoms with Crippen molar-refractivity contribution in [2.24, 2.45) is 0 Å². The number of carbonyl (C=O) groups is 1. The van der Waals surface area contributed by atoms with Crippen molar-refractivity contribution in [2.45, 2.75) is 26.2 Å². The van der Waals surface area contributed by atoms with Gasteiger partial charge in [0.2, 0.25) is 5.91 Å². The zero-order valence-corrected chi connectivity index (χ0v) is 9.35. The van der Waals surface area contributed by atoms with Crippen molar-refractivity contribution in [2.75, 3.05) is 17.2 Å². The second-order valence-electron chi connectivity index (χ2n) is 4.88. The molecular formula is C12H16N2O. The lowest BCUT2D eigenvalue weighted by Gasteiger charge is -2.28. The van der Waals surface area contributed by atoms with Crippen LogP contribution in [-0.2, 0) is 10.2 Å². The highest BCUT2D eigenvalue weighted by atomic mass is 16.2. The van der Waals surface area contributed by atoms with Crippen molar-refractivity contribution in [3.05, 3.63) is 23.8 Å². The molecule has 0 saturated heterocycles. The lowest BCUT2D eigenvalue weighted by Crippen LogP contribution is -2.29. The molecule has 1 aromatic rings. The Morgan fingerprint density at radius 1 is 1.27 bits per heavy atom. The van der Waals surface area contributed by atoms with Gasteiger partial charge in [0.1, 0.15) is 0 Å². The van der Waals surface area contributed by atoms with E-state index >= 15 is 0 Å². The second-order valence-corrected chi connectivity index (χ2v) is 4.88. The summed E-state index contributed by atoms with van der Waals surface area (Å²) in [7, 11) is 0. The number of nitrogens with one attached hydrogen (secondary N) is 2. The van der Waals surface area contributed by atoms with E-state index in [1.165, 1.54) is 5.56 Å². The molecule has 1 heterocycles. The van der Waals surface area contributed by atoms with E-state index in [0.29, 0.717) is 6.54 Å². The van der Waals surface area contributed by atoms with E-state index in [2.05, 4.69) is 37.5 Å². The zero-order chi connectivity index (χ0) is 11.1. The molecule has 1 amide bonds. The van der Waals surface area contributed by atoms with E-state index in [1.807, 2.05) is 12.1 Å². The average molecular weight is 204 g/mol. The number of para-hydroxylation sites is 1. The van der Waals surface area contributed by atoms with Gasteiger partial charge in [0.25, 0.3) is 0 Å². The van der Waals surface area contributed by atoms with Crippen LogP contribution in [-0.4, -0.2) is 12.5 Å². The summed E-state index contributed by atoms with van der Waals surface area (Å²) in [6.45, 7) is 6.79. The van der Waals surface area contributed by atoms with Crippen molar-refractivity contribution in [1.29, 1.82) is 0 Å². The molecule has 3 nitrogen and oxygen atoms in total. The highest BCUT2D eigenvalue weighted by molar-refractivity contribution is 6.01. The molecule has 0 aliphatic carbocycles. The van der Waals surface area contributed by atoms with Gasteiger partial charge in [-0.05, 0) is 17.0 Å². The predicted octanol–water partition coefficient (Wildman–Crippen LogP) is 2.35. The van der Waals surface area contributed by atoms with Gasteiger partial charge in [0.05, 0.1) is 17.9 Å². The van der Waals surface area contributed by atoms with Crippen LogP contribution in [0.4, 0.5) is 11.4 Å². The molecule has 15 heavy (non-hydrogen) atoms. The first-order valence-electron chi connectivity index (χ1n) is 5.16. The Kier molecular flexibility index (Phi) is 2.18. The maximum absolute atomic E-state index is 11.3. The van der Waals surface area contributed by atoms with E-state index in [-0.39, 0.29) is 11.3 Å². The first-order chi connectivity index (χ1) is 6.98. The molecule has 1 aliphatic rings. The molecule has 2 rings (SSSR count). The molecule has 0 saturated carbocycles. The highest BCUT2D eigenvalue weighted by Gasteiger charge is 2.23. The lowest BCUT2D eigenvalue weighted by atomic mass is 9.85. The van der Waals surface area contributed by atoms with Gasteiger partial charge < -0.3 is 10.6 Å². The molecule has 0 spiro atoms. The van der Waals surface area contributed by atoms with E-state index in [4.69, 9.17) is 0 Å². The molecular weight excluding hydrogens is 188 g/mol. The minimum Gasteiger partial charge on any atom is -0.374 e. The molecule has 2 N–H and O–H groups in total. The number of amides is 1. The molecule has 80 valence electrons. The lowest BCUT2D eigenvalue weighted by molar-refractivity contribution is -0.114. The Morgan fingerprint density at radius 2 is 2.00 bits per heavy atom. The molecule has 0 atom stereocenters. The van der Waals surface area contributed by atoms with Gasteiger partial charge >= 0.3 is 0 Å². The van der Waals surface area contributed by atoms with Crippen molar-refractivity contribution in [3.63, 3.8) is 0 Å². The number of benzene rings is 1. The SMILES string of the molecule is CC(C)(C)c1cccc2c1NC(=O)CN2. The summed E-state index contributed by atoms with van der Waals surface area (Å²) in [6, 6.07) is 6.07. The van der Waals surface area contributed by atoms with E-state index < -0.39 is 0 Å². The first kappa shape index (κ1) is 10.0. The number of carbonyl (C=O) groups excluding carboxylic acids is 1. The van der Waals surface area contributed by atoms with Gasteiger partial charge in [-0.2, -0.15) is 0 Å². The third kappa shape index (κ3) is 1.82. The third-order valence-electron chi connectivity index (χ3n) is 2.58. The largest absolute Gasteiger partial charge is 0.374 e. The standard InChI is InChI=1S/C12H16N2O/c1-12(2,3)8-5-4-6-9-11(8)14-10(15)7-13-9/h4-6,13H,7H2,1-3H3,(H,14,15). The minimum absolute atomic E-state index is 0.0270. The quantitative estimate of drug-likeness (QED) is 0.681. The first-order valence-corrected chi connectivity index (χ1v) is 5.16. The van der Waals surface area contributed by atoms with Crippen molar-refractivity contribution in [3.8, 4) is 0 Å². The Hall–Kier alpha value is -1.51. The van der Waals surface area contributed by atoms with E-state index in [9.17, 15) is 4.79 Å². The van der Waals surface area contributed by atoms with Gasteiger partial charge in [0.15, 0.2) is 0 Å². The van der Waals surface area contributed by atoms with Crippen LogP contribution >= 0.6 is 0 Å². The summed E-state index contributed by atoms with van der Waals surface area (Å²) in [5, 5.41) is 6.05. The number of hydrogen-bond acceptors (Lipinski definition) is 2. The van der Waals surface area contributed by atoms with Gasteiger partial charge in [0, 0.05) is 0 Å². The van der Waals surface area contributed by atoms with Gasteiger partial charge in [-0.15, -0.1) is 0 Å². The van der Waals surface area contributed by atoms with Crippen LogP contribution in [0.5, 0.6) is 0 Å². The number of rotatable bonds is 0. The Labute approximate surface area is 89.9 Å². The number of fused-ring (bicyclic) bond motifs is 1. The Bertz CT molecular complexity index is 405. The van der Waals surface area contributed by atoms with Crippen LogP contribution in [0.25, 0.3) is 0 Å². The maximum atomic E-state index is 11.3. The normalized spacial score (nSPS) is 15.3. The number of hydrogen-bond donors (Lipinski definition) is 2. The van der Waals surface area contributed by atoms with Gasteiger partial charge in [-0.3, -0.25) is 4.79 Å². The van der Waals surface area contributed by atoms with Crippen LogP contribution in [0.3, 0.4) is 0 Å². The minimum atomic E-state index is 0.0270. The summed E-state index contributed by atoms with van der Waals surface area (Å²) >= 11 is 0. The van der Waals surface area contributed by atoms with Crippen LogP contribution in [0.1, 0.15) is 26.3 Å².